The van der Waals surface area contributed by atoms with E-state index in [9.17, 15) is 4.79 Å². The molecule has 0 bridgehead atoms. The maximum Gasteiger partial charge on any atom is 0.254 e. The maximum absolute atomic E-state index is 15.6. The third-order valence-corrected chi connectivity index (χ3v) is 6.67. The normalized spacial score (nSPS) is 17.9. The molecule has 1 aliphatic carbocycles. The Hall–Kier alpha value is -2.71. The van der Waals surface area contributed by atoms with Crippen LogP contribution < -0.4 is 0 Å². The van der Waals surface area contributed by atoms with Crippen LogP contribution in [0.2, 0.25) is 0 Å². The Bertz CT molecular complexity index is 997. The number of methoxy groups -OCH3 is 1. The largest absolute Gasteiger partial charge is 0.380 e. The number of carbonyl (C=O) groups excluding carboxylic acids is 1. The monoisotopic (exact) mass is 420 g/mol. The summed E-state index contributed by atoms with van der Waals surface area (Å²) in [5.74, 6) is 0.576. The zero-order valence-corrected chi connectivity index (χ0v) is 18.3. The molecule has 0 spiro atoms. The Morgan fingerprint density at radius 3 is 2.42 bits per heavy atom. The van der Waals surface area contributed by atoms with E-state index in [2.05, 4.69) is 19.1 Å². The highest BCUT2D eigenvalue weighted by molar-refractivity contribution is 5.96. The molecule has 2 aromatic rings. The van der Waals surface area contributed by atoms with E-state index in [0.29, 0.717) is 36.7 Å². The van der Waals surface area contributed by atoms with Gasteiger partial charge in [0.2, 0.25) is 0 Å². The SMILES string of the molecule is CCc1cc(C2CC2)c(COC)cc1C(=O)N1CCC(F)(c2ccc(C#N)cc2)CC1. The van der Waals surface area contributed by atoms with Crippen LogP contribution in [0.1, 0.15) is 76.7 Å². The smallest absolute Gasteiger partial charge is 0.254 e. The van der Waals surface area contributed by atoms with Crippen LogP contribution in [0.3, 0.4) is 0 Å². The molecule has 162 valence electrons. The summed E-state index contributed by atoms with van der Waals surface area (Å²) < 4.78 is 21.0. The Morgan fingerprint density at radius 1 is 1.19 bits per heavy atom. The molecule has 0 unspecified atom stereocenters. The van der Waals surface area contributed by atoms with E-state index in [1.165, 1.54) is 18.4 Å². The number of likely N-dealkylation sites (tertiary alicyclic amines) is 1. The highest BCUT2D eigenvalue weighted by atomic mass is 19.1. The minimum atomic E-state index is -1.46. The summed E-state index contributed by atoms with van der Waals surface area (Å²) in [6.45, 7) is 3.33. The molecule has 2 fully saturated rings. The summed E-state index contributed by atoms with van der Waals surface area (Å²) >= 11 is 0. The summed E-state index contributed by atoms with van der Waals surface area (Å²) in [4.78, 5) is 15.2. The molecule has 5 heteroatoms. The first-order valence-electron chi connectivity index (χ1n) is 11.1. The molecule has 1 saturated heterocycles. The summed E-state index contributed by atoms with van der Waals surface area (Å²) in [6, 6.07) is 13.0. The van der Waals surface area contributed by atoms with E-state index < -0.39 is 5.67 Å². The number of hydrogen-bond donors (Lipinski definition) is 0. The standard InChI is InChI=1S/C26H29FN2O2/c1-3-19-14-23(20-6-7-20)21(17-31-2)15-24(19)25(30)29-12-10-26(27,11-13-29)22-8-4-18(16-28)5-9-22/h4-5,8-9,14-15,20H,3,6-7,10-13,17H2,1-2H3. The van der Waals surface area contributed by atoms with Crippen molar-refractivity contribution in [3.05, 3.63) is 69.8 Å². The van der Waals surface area contributed by atoms with E-state index in [-0.39, 0.29) is 18.7 Å². The Labute approximate surface area is 183 Å². The van der Waals surface area contributed by atoms with Gasteiger partial charge >= 0.3 is 0 Å². The van der Waals surface area contributed by atoms with Gasteiger partial charge in [0.25, 0.3) is 5.91 Å². The molecule has 0 radical (unpaired) electrons. The lowest BCUT2D eigenvalue weighted by Gasteiger charge is -2.37. The van der Waals surface area contributed by atoms with Crippen molar-refractivity contribution in [1.29, 1.82) is 5.26 Å². The fourth-order valence-electron chi connectivity index (χ4n) is 4.62. The van der Waals surface area contributed by atoms with Crippen LogP contribution in [0.4, 0.5) is 4.39 Å². The van der Waals surface area contributed by atoms with Crippen LogP contribution in [-0.4, -0.2) is 31.0 Å². The minimum absolute atomic E-state index is 0.0153. The number of ether oxygens (including phenoxy) is 1. The number of carbonyl (C=O) groups is 1. The molecule has 1 aliphatic heterocycles. The molecule has 2 aromatic carbocycles. The van der Waals surface area contributed by atoms with Gasteiger partial charge in [0.1, 0.15) is 5.67 Å². The predicted octanol–water partition coefficient (Wildman–Crippen LogP) is 5.25. The van der Waals surface area contributed by atoms with Gasteiger partial charge in [-0.1, -0.05) is 25.1 Å². The molecule has 1 heterocycles. The van der Waals surface area contributed by atoms with Crippen molar-refractivity contribution >= 4 is 5.91 Å². The number of alkyl halides is 1. The number of amides is 1. The van der Waals surface area contributed by atoms with E-state index in [1.54, 1.807) is 36.3 Å². The van der Waals surface area contributed by atoms with E-state index in [0.717, 1.165) is 23.1 Å². The quantitative estimate of drug-likeness (QED) is 0.642. The van der Waals surface area contributed by atoms with Crippen LogP contribution in [0.15, 0.2) is 36.4 Å². The summed E-state index contributed by atoms with van der Waals surface area (Å²) in [5.41, 5.74) is 3.85. The third kappa shape index (κ3) is 4.36. The van der Waals surface area contributed by atoms with Gasteiger partial charge in [-0.15, -0.1) is 0 Å². The molecule has 1 amide bonds. The maximum atomic E-state index is 15.6. The second-order valence-electron chi connectivity index (χ2n) is 8.72. The van der Waals surface area contributed by atoms with Gasteiger partial charge in [-0.05, 0) is 65.6 Å². The molecule has 0 atom stereocenters. The molecular weight excluding hydrogens is 391 g/mol. The van der Waals surface area contributed by atoms with Crippen LogP contribution in [-0.2, 0) is 23.4 Å². The first kappa shape index (κ1) is 21.5. The molecule has 4 nitrogen and oxygen atoms in total. The first-order valence-corrected chi connectivity index (χ1v) is 11.1. The first-order chi connectivity index (χ1) is 15.0. The van der Waals surface area contributed by atoms with Crippen LogP contribution in [0, 0.1) is 11.3 Å². The number of rotatable bonds is 6. The zero-order chi connectivity index (χ0) is 22.0. The summed E-state index contributed by atoms with van der Waals surface area (Å²) in [5, 5.41) is 8.96. The third-order valence-electron chi connectivity index (χ3n) is 6.67. The lowest BCUT2D eigenvalue weighted by molar-refractivity contribution is 0.0420. The van der Waals surface area contributed by atoms with Gasteiger partial charge in [0.15, 0.2) is 0 Å². The molecule has 4 rings (SSSR count). The summed E-state index contributed by atoms with van der Waals surface area (Å²) in [7, 11) is 1.68. The zero-order valence-electron chi connectivity index (χ0n) is 18.3. The number of nitrogens with zero attached hydrogens (tertiary/aromatic N) is 2. The Balaban J connectivity index is 1.53. The molecule has 31 heavy (non-hydrogen) atoms. The fraction of sp³-hybridized carbons (Fsp3) is 0.462. The number of nitriles is 1. The average Bonchev–Trinajstić information content (AvgIpc) is 3.64. The van der Waals surface area contributed by atoms with Gasteiger partial charge in [0, 0.05) is 38.6 Å². The molecular formula is C26H29FN2O2. The van der Waals surface area contributed by atoms with Gasteiger partial charge in [0.05, 0.1) is 18.2 Å². The van der Waals surface area contributed by atoms with Crippen LogP contribution in [0.5, 0.6) is 0 Å². The van der Waals surface area contributed by atoms with Gasteiger partial charge in [-0.25, -0.2) is 4.39 Å². The average molecular weight is 421 g/mol. The van der Waals surface area contributed by atoms with Crippen molar-refractivity contribution in [2.24, 2.45) is 0 Å². The highest BCUT2D eigenvalue weighted by Crippen LogP contribution is 2.43. The van der Waals surface area contributed by atoms with Crippen molar-refractivity contribution in [1.82, 2.24) is 4.90 Å². The van der Waals surface area contributed by atoms with Gasteiger partial charge < -0.3 is 9.64 Å². The topological polar surface area (TPSA) is 53.3 Å². The van der Waals surface area contributed by atoms with Crippen LogP contribution in [0.25, 0.3) is 0 Å². The van der Waals surface area contributed by atoms with Crippen molar-refractivity contribution in [2.75, 3.05) is 20.2 Å². The van der Waals surface area contributed by atoms with Crippen molar-refractivity contribution < 1.29 is 13.9 Å². The Kier molecular flexibility index (Phi) is 6.11. The van der Waals surface area contributed by atoms with Crippen molar-refractivity contribution in [2.45, 2.75) is 57.2 Å². The summed E-state index contributed by atoms with van der Waals surface area (Å²) in [6.07, 6.45) is 3.72. The van der Waals surface area contributed by atoms with E-state index in [1.807, 2.05) is 6.07 Å². The van der Waals surface area contributed by atoms with Gasteiger partial charge in [-0.3, -0.25) is 4.79 Å². The molecule has 0 N–H and O–H groups in total. The molecule has 2 aliphatic rings. The minimum Gasteiger partial charge on any atom is -0.380 e. The molecule has 0 aromatic heterocycles. The van der Waals surface area contributed by atoms with E-state index in [4.69, 9.17) is 10.00 Å². The number of piperidine rings is 1. The van der Waals surface area contributed by atoms with Crippen molar-refractivity contribution in [3.8, 4) is 6.07 Å². The second-order valence-corrected chi connectivity index (χ2v) is 8.72. The van der Waals surface area contributed by atoms with Crippen LogP contribution >= 0.6 is 0 Å². The fourth-order valence-corrected chi connectivity index (χ4v) is 4.62. The molecule has 1 saturated carbocycles. The number of halogens is 1. The number of benzene rings is 2. The lowest BCUT2D eigenvalue weighted by atomic mass is 9.85. The predicted molar refractivity (Wildman–Crippen MR) is 118 cm³/mol. The van der Waals surface area contributed by atoms with Crippen molar-refractivity contribution in [3.63, 3.8) is 0 Å². The number of aryl methyl sites for hydroxylation is 1. The lowest BCUT2D eigenvalue weighted by Crippen LogP contribution is -2.43. The second kappa shape index (κ2) is 8.80. The number of hydrogen-bond acceptors (Lipinski definition) is 3. The Morgan fingerprint density at radius 2 is 1.87 bits per heavy atom. The van der Waals surface area contributed by atoms with Gasteiger partial charge in [-0.2, -0.15) is 5.26 Å². The van der Waals surface area contributed by atoms with E-state index >= 15 is 4.39 Å². The highest BCUT2D eigenvalue weighted by Gasteiger charge is 2.38.